The lowest BCUT2D eigenvalue weighted by atomic mass is 10.0. The summed E-state index contributed by atoms with van der Waals surface area (Å²) < 4.78 is 1.38. The Bertz CT molecular complexity index is 1160. The van der Waals surface area contributed by atoms with E-state index in [1.165, 1.54) is 22.9 Å². The first-order valence-electron chi connectivity index (χ1n) is 7.49. The van der Waals surface area contributed by atoms with Crippen LogP contribution in [-0.2, 0) is 7.05 Å². The molecule has 0 amide bonds. The fraction of sp³-hybridized carbons (Fsp3) is 0.0526. The van der Waals surface area contributed by atoms with Crippen LogP contribution in [0.3, 0.4) is 0 Å². The second-order valence-corrected chi connectivity index (χ2v) is 5.59. The van der Waals surface area contributed by atoms with Crippen LogP contribution in [0.1, 0.15) is 16.1 Å². The fourth-order valence-electron chi connectivity index (χ4n) is 2.83. The van der Waals surface area contributed by atoms with Crippen LogP contribution in [0.5, 0.6) is 0 Å². The maximum Gasteiger partial charge on any atom is 0.250 e. The molecular weight excluding hydrogens is 302 g/mol. The molecule has 0 radical (unpaired) electrons. The largest absolute Gasteiger partial charge is 0.318 e. The van der Waals surface area contributed by atoms with Gasteiger partial charge in [0.2, 0.25) is 11.3 Å². The van der Waals surface area contributed by atoms with Gasteiger partial charge in [-0.3, -0.25) is 19.6 Å². The van der Waals surface area contributed by atoms with Crippen molar-refractivity contribution >= 4 is 27.5 Å². The van der Waals surface area contributed by atoms with Gasteiger partial charge in [0.1, 0.15) is 5.69 Å². The number of carbonyl (C=O) groups excluding carboxylic acids is 1. The number of nitrogens with zero attached hydrogens (tertiary/aromatic N) is 3. The molecule has 0 spiro atoms. The molecule has 0 aliphatic heterocycles. The van der Waals surface area contributed by atoms with Crippen LogP contribution in [0, 0.1) is 0 Å². The third kappa shape index (κ3) is 2.18. The summed E-state index contributed by atoms with van der Waals surface area (Å²) in [5.41, 5.74) is 1.47. The molecule has 5 heteroatoms. The minimum absolute atomic E-state index is 0.162. The summed E-state index contributed by atoms with van der Waals surface area (Å²) in [4.78, 5) is 33.1. The normalized spacial score (nSPS) is 11.0. The lowest BCUT2D eigenvalue weighted by molar-refractivity contribution is 0.103. The van der Waals surface area contributed by atoms with E-state index >= 15 is 0 Å². The van der Waals surface area contributed by atoms with E-state index in [0.717, 1.165) is 16.3 Å². The van der Waals surface area contributed by atoms with Crippen LogP contribution in [0.2, 0.25) is 0 Å². The molecule has 0 unspecified atom stereocenters. The highest BCUT2D eigenvalue weighted by atomic mass is 16.1. The second-order valence-electron chi connectivity index (χ2n) is 5.59. The van der Waals surface area contributed by atoms with E-state index in [-0.39, 0.29) is 11.3 Å². The summed E-state index contributed by atoms with van der Waals surface area (Å²) in [6.07, 6.45) is 4.84. The molecule has 0 fully saturated rings. The molecule has 0 atom stereocenters. The van der Waals surface area contributed by atoms with E-state index in [9.17, 15) is 9.59 Å². The van der Waals surface area contributed by atoms with Gasteiger partial charge in [0.15, 0.2) is 0 Å². The Hall–Kier alpha value is -3.34. The topological polar surface area (TPSA) is 64.8 Å². The van der Waals surface area contributed by atoms with E-state index in [0.29, 0.717) is 16.6 Å². The van der Waals surface area contributed by atoms with Crippen LogP contribution in [0.15, 0.2) is 65.8 Å². The van der Waals surface area contributed by atoms with E-state index in [4.69, 9.17) is 0 Å². The van der Waals surface area contributed by atoms with E-state index in [1.807, 2.05) is 30.3 Å². The van der Waals surface area contributed by atoms with Crippen LogP contribution < -0.4 is 5.56 Å². The van der Waals surface area contributed by atoms with Gasteiger partial charge in [0, 0.05) is 48.0 Å². The van der Waals surface area contributed by atoms with Gasteiger partial charge in [-0.2, -0.15) is 0 Å². The van der Waals surface area contributed by atoms with Crippen molar-refractivity contribution in [1.82, 2.24) is 14.5 Å². The molecule has 0 saturated carbocycles. The first-order chi connectivity index (χ1) is 11.6. The van der Waals surface area contributed by atoms with Gasteiger partial charge in [-0.1, -0.05) is 18.2 Å². The molecule has 0 aliphatic carbocycles. The first-order valence-corrected chi connectivity index (χ1v) is 7.49. The predicted octanol–water partition coefficient (Wildman–Crippen LogP) is 2.71. The second kappa shape index (κ2) is 5.38. The number of hydrogen-bond donors (Lipinski definition) is 0. The smallest absolute Gasteiger partial charge is 0.250 e. The number of para-hydroxylation sites is 1. The van der Waals surface area contributed by atoms with Crippen molar-refractivity contribution in [2.45, 2.75) is 0 Å². The highest BCUT2D eigenvalue weighted by molar-refractivity contribution is 6.18. The van der Waals surface area contributed by atoms with Crippen molar-refractivity contribution in [2.75, 3.05) is 0 Å². The van der Waals surface area contributed by atoms with E-state index in [2.05, 4.69) is 9.97 Å². The molecule has 4 rings (SSSR count). The van der Waals surface area contributed by atoms with Crippen LogP contribution >= 0.6 is 0 Å². The van der Waals surface area contributed by atoms with Gasteiger partial charge in [-0.05, 0) is 23.6 Å². The van der Waals surface area contributed by atoms with Crippen molar-refractivity contribution < 1.29 is 4.79 Å². The number of aryl methyl sites for hydroxylation is 1. The lowest BCUT2D eigenvalue weighted by Crippen LogP contribution is -2.17. The van der Waals surface area contributed by atoms with Gasteiger partial charge >= 0.3 is 0 Å². The zero-order chi connectivity index (χ0) is 16.7. The average molecular weight is 315 g/mol. The van der Waals surface area contributed by atoms with Crippen molar-refractivity contribution in [3.05, 3.63) is 82.7 Å². The number of benzene rings is 1. The van der Waals surface area contributed by atoms with Crippen LogP contribution in [-0.4, -0.2) is 20.3 Å². The van der Waals surface area contributed by atoms with Gasteiger partial charge < -0.3 is 4.57 Å². The number of aromatic nitrogens is 3. The van der Waals surface area contributed by atoms with Crippen molar-refractivity contribution in [3.8, 4) is 0 Å². The molecular formula is C19H13N3O2. The molecule has 0 saturated heterocycles. The molecule has 5 nitrogen and oxygen atoms in total. The molecule has 0 aliphatic rings. The average Bonchev–Trinajstić information content (AvgIpc) is 2.62. The first kappa shape index (κ1) is 14.3. The van der Waals surface area contributed by atoms with E-state index in [1.54, 1.807) is 19.4 Å². The van der Waals surface area contributed by atoms with Crippen molar-refractivity contribution in [2.24, 2.45) is 7.05 Å². The SMILES string of the molecule is Cn1cc(C(=O)c2nccc3c2cnc2ccccc23)ccc1=O. The number of fused-ring (bicyclic) bond motifs is 3. The van der Waals surface area contributed by atoms with Crippen LogP contribution in [0.4, 0.5) is 0 Å². The Balaban J connectivity index is 1.96. The van der Waals surface area contributed by atoms with Crippen molar-refractivity contribution in [3.63, 3.8) is 0 Å². The number of carbonyl (C=O) groups is 1. The molecule has 116 valence electrons. The molecule has 0 N–H and O–H groups in total. The Kier molecular flexibility index (Phi) is 3.20. The third-order valence-electron chi connectivity index (χ3n) is 4.08. The molecule has 3 aromatic heterocycles. The molecule has 1 aromatic carbocycles. The highest BCUT2D eigenvalue weighted by Gasteiger charge is 2.16. The van der Waals surface area contributed by atoms with Gasteiger partial charge in [-0.15, -0.1) is 0 Å². The summed E-state index contributed by atoms with van der Waals surface area (Å²) in [7, 11) is 1.62. The van der Waals surface area contributed by atoms with Gasteiger partial charge in [-0.25, -0.2) is 0 Å². The maximum absolute atomic E-state index is 12.9. The predicted molar refractivity (Wildman–Crippen MR) is 92.2 cm³/mol. The summed E-state index contributed by atoms with van der Waals surface area (Å²) in [6.45, 7) is 0. The van der Waals surface area contributed by atoms with Crippen LogP contribution in [0.25, 0.3) is 21.7 Å². The molecule has 24 heavy (non-hydrogen) atoms. The molecule has 4 aromatic rings. The summed E-state index contributed by atoms with van der Waals surface area (Å²) >= 11 is 0. The maximum atomic E-state index is 12.9. The standard InChI is InChI=1S/C19H13N3O2/c1-22-11-12(6-7-17(22)23)19(24)18-15-10-21-16-5-3-2-4-14(16)13(15)8-9-20-18/h2-11H,1H3. The van der Waals surface area contributed by atoms with Gasteiger partial charge in [0.05, 0.1) is 5.52 Å². The monoisotopic (exact) mass is 315 g/mol. The number of rotatable bonds is 2. The summed E-state index contributed by atoms with van der Waals surface area (Å²) in [5.74, 6) is -0.228. The third-order valence-corrected chi connectivity index (χ3v) is 4.08. The highest BCUT2D eigenvalue weighted by Crippen LogP contribution is 2.25. The Morgan fingerprint density at radius 3 is 2.62 bits per heavy atom. The summed E-state index contributed by atoms with van der Waals surface area (Å²) in [6, 6.07) is 12.6. The van der Waals surface area contributed by atoms with Crippen molar-refractivity contribution in [1.29, 1.82) is 0 Å². The number of hydrogen-bond acceptors (Lipinski definition) is 4. The fourth-order valence-corrected chi connectivity index (χ4v) is 2.83. The molecule has 0 bridgehead atoms. The zero-order valence-corrected chi connectivity index (χ0v) is 12.9. The Morgan fingerprint density at radius 1 is 0.958 bits per heavy atom. The number of pyridine rings is 3. The quantitative estimate of drug-likeness (QED) is 0.421. The number of ketones is 1. The Labute approximate surface area is 137 Å². The minimum atomic E-state index is -0.228. The Morgan fingerprint density at radius 2 is 1.79 bits per heavy atom. The van der Waals surface area contributed by atoms with Gasteiger partial charge in [0.25, 0.3) is 0 Å². The minimum Gasteiger partial charge on any atom is -0.318 e. The lowest BCUT2D eigenvalue weighted by Gasteiger charge is -2.08. The van der Waals surface area contributed by atoms with E-state index < -0.39 is 0 Å². The molecule has 3 heterocycles. The zero-order valence-electron chi connectivity index (χ0n) is 12.9. The summed E-state index contributed by atoms with van der Waals surface area (Å²) in [5, 5.41) is 2.62.